The average Bonchev–Trinajstić information content (AvgIpc) is 3.54. The molecule has 276 valence electrons. The third-order valence-corrected chi connectivity index (χ3v) is 13.2. The Morgan fingerprint density at radius 3 is 1.25 bits per heavy atom. The van der Waals surface area contributed by atoms with Crippen molar-refractivity contribution in [3.8, 4) is 55.6 Å². The van der Waals surface area contributed by atoms with Gasteiger partial charge in [0.25, 0.3) is 0 Å². The molecule has 0 aromatic heterocycles. The smallest absolute Gasteiger partial charge is 0.0165 e. The largest absolute Gasteiger partial charge is 0.0616 e. The molecule has 0 spiro atoms. The SMILES string of the molecule is CC1(C)c2ccc(-c3ccc(-c4c5ccccc5c(-c5ccc(-c6cccc7ccccc67)cc5)c5ccccc45)cc3)cc2-c2c1c1ccccc1c1ccccc21. The molecule has 0 saturated carbocycles. The highest BCUT2D eigenvalue weighted by Gasteiger charge is 2.38. The topological polar surface area (TPSA) is 0 Å². The van der Waals surface area contributed by atoms with Gasteiger partial charge >= 0.3 is 0 Å². The summed E-state index contributed by atoms with van der Waals surface area (Å²) in [7, 11) is 0. The second kappa shape index (κ2) is 12.9. The minimum absolute atomic E-state index is 0.107. The summed E-state index contributed by atoms with van der Waals surface area (Å²) in [5.41, 5.74) is 15.5. The van der Waals surface area contributed by atoms with Crippen LogP contribution in [-0.4, -0.2) is 0 Å². The third kappa shape index (κ3) is 5.03. The molecule has 0 N–H and O–H groups in total. The van der Waals surface area contributed by atoms with Crippen molar-refractivity contribution in [2.24, 2.45) is 0 Å². The van der Waals surface area contributed by atoms with Gasteiger partial charge in [0, 0.05) is 5.41 Å². The lowest BCUT2D eigenvalue weighted by Crippen LogP contribution is -2.15. The van der Waals surface area contributed by atoms with E-state index in [9.17, 15) is 0 Å². The van der Waals surface area contributed by atoms with E-state index < -0.39 is 0 Å². The molecule has 11 aromatic carbocycles. The average molecular weight is 749 g/mol. The Labute approximate surface area is 344 Å². The number of hydrogen-bond donors (Lipinski definition) is 0. The second-order valence-corrected chi connectivity index (χ2v) is 16.7. The van der Waals surface area contributed by atoms with Gasteiger partial charge in [-0.25, -0.2) is 0 Å². The van der Waals surface area contributed by atoms with Crippen LogP contribution in [0.15, 0.2) is 206 Å². The van der Waals surface area contributed by atoms with Crippen LogP contribution in [0.1, 0.15) is 25.0 Å². The number of fused-ring (bicyclic) bond motifs is 11. The Morgan fingerprint density at radius 2 is 0.678 bits per heavy atom. The van der Waals surface area contributed by atoms with Gasteiger partial charge in [-0.2, -0.15) is 0 Å². The van der Waals surface area contributed by atoms with Crippen molar-refractivity contribution < 1.29 is 0 Å². The summed E-state index contributed by atoms with van der Waals surface area (Å²) in [5, 5.41) is 13.0. The summed E-state index contributed by atoms with van der Waals surface area (Å²) in [5.74, 6) is 0. The fourth-order valence-corrected chi connectivity index (χ4v) is 10.6. The third-order valence-electron chi connectivity index (χ3n) is 13.2. The molecular formula is C59H40. The van der Waals surface area contributed by atoms with Gasteiger partial charge in [0.2, 0.25) is 0 Å². The molecule has 1 aliphatic rings. The van der Waals surface area contributed by atoms with Crippen LogP contribution in [0.4, 0.5) is 0 Å². The van der Waals surface area contributed by atoms with E-state index in [0.717, 1.165) is 0 Å². The molecule has 0 saturated heterocycles. The summed E-state index contributed by atoms with van der Waals surface area (Å²) in [4.78, 5) is 0. The first-order chi connectivity index (χ1) is 29.0. The molecule has 59 heavy (non-hydrogen) atoms. The van der Waals surface area contributed by atoms with Crippen LogP contribution in [0, 0.1) is 0 Å². The van der Waals surface area contributed by atoms with Crippen molar-refractivity contribution in [3.05, 3.63) is 217 Å². The summed E-state index contributed by atoms with van der Waals surface area (Å²) >= 11 is 0. The predicted molar refractivity (Wildman–Crippen MR) is 253 cm³/mol. The Morgan fingerprint density at radius 1 is 0.271 bits per heavy atom. The van der Waals surface area contributed by atoms with E-state index in [1.165, 1.54) is 121 Å². The van der Waals surface area contributed by atoms with Crippen molar-refractivity contribution in [1.82, 2.24) is 0 Å². The molecule has 0 amide bonds. The molecule has 12 rings (SSSR count). The normalized spacial score (nSPS) is 13.1. The van der Waals surface area contributed by atoms with E-state index in [0.29, 0.717) is 0 Å². The van der Waals surface area contributed by atoms with Crippen molar-refractivity contribution in [1.29, 1.82) is 0 Å². The first-order valence-electron chi connectivity index (χ1n) is 20.8. The quantitative estimate of drug-likeness (QED) is 0.124. The van der Waals surface area contributed by atoms with Crippen LogP contribution in [0.25, 0.3) is 109 Å². The molecule has 0 bridgehead atoms. The molecule has 0 heterocycles. The van der Waals surface area contributed by atoms with Crippen LogP contribution < -0.4 is 0 Å². The van der Waals surface area contributed by atoms with E-state index in [4.69, 9.17) is 0 Å². The van der Waals surface area contributed by atoms with Gasteiger partial charge < -0.3 is 0 Å². The van der Waals surface area contributed by atoms with Gasteiger partial charge in [0.05, 0.1) is 0 Å². The first-order valence-corrected chi connectivity index (χ1v) is 20.8. The molecule has 0 heteroatoms. The lowest BCUT2D eigenvalue weighted by atomic mass is 9.79. The Balaban J connectivity index is 0.972. The fourth-order valence-electron chi connectivity index (χ4n) is 10.6. The van der Waals surface area contributed by atoms with E-state index in [2.05, 4.69) is 220 Å². The molecule has 1 aliphatic carbocycles. The molecule has 0 fully saturated rings. The summed E-state index contributed by atoms with van der Waals surface area (Å²) in [6, 6.07) is 76.7. The molecule has 0 radical (unpaired) electrons. The van der Waals surface area contributed by atoms with Gasteiger partial charge in [0.15, 0.2) is 0 Å². The summed E-state index contributed by atoms with van der Waals surface area (Å²) < 4.78 is 0. The lowest BCUT2D eigenvalue weighted by molar-refractivity contribution is 0.666. The van der Waals surface area contributed by atoms with Crippen LogP contribution in [0.5, 0.6) is 0 Å². The minimum Gasteiger partial charge on any atom is -0.0616 e. The molecular weight excluding hydrogens is 709 g/mol. The Hall–Kier alpha value is -7.28. The van der Waals surface area contributed by atoms with Gasteiger partial charge in [-0.05, 0) is 127 Å². The van der Waals surface area contributed by atoms with Crippen molar-refractivity contribution in [3.63, 3.8) is 0 Å². The van der Waals surface area contributed by atoms with E-state index >= 15 is 0 Å². The zero-order chi connectivity index (χ0) is 39.2. The summed E-state index contributed by atoms with van der Waals surface area (Å²) in [6.07, 6.45) is 0. The molecule has 0 unspecified atom stereocenters. The Kier molecular flexibility index (Phi) is 7.38. The van der Waals surface area contributed by atoms with Gasteiger partial charge in [-0.15, -0.1) is 0 Å². The van der Waals surface area contributed by atoms with Crippen LogP contribution in [0.3, 0.4) is 0 Å². The maximum Gasteiger partial charge on any atom is 0.0165 e. The van der Waals surface area contributed by atoms with Crippen LogP contribution >= 0.6 is 0 Å². The fraction of sp³-hybridized carbons (Fsp3) is 0.0508. The predicted octanol–water partition coefficient (Wildman–Crippen LogP) is 16.4. The number of rotatable bonds is 4. The highest BCUT2D eigenvalue weighted by molar-refractivity contribution is 6.22. The van der Waals surface area contributed by atoms with Crippen LogP contribution in [0.2, 0.25) is 0 Å². The van der Waals surface area contributed by atoms with Gasteiger partial charge in [-0.3, -0.25) is 0 Å². The highest BCUT2D eigenvalue weighted by Crippen LogP contribution is 2.55. The number of benzene rings is 11. The van der Waals surface area contributed by atoms with E-state index in [1.807, 2.05) is 0 Å². The second-order valence-electron chi connectivity index (χ2n) is 16.7. The number of hydrogen-bond acceptors (Lipinski definition) is 0. The first kappa shape index (κ1) is 33.8. The molecule has 0 atom stereocenters. The van der Waals surface area contributed by atoms with E-state index in [-0.39, 0.29) is 5.41 Å². The van der Waals surface area contributed by atoms with E-state index in [1.54, 1.807) is 0 Å². The zero-order valence-corrected chi connectivity index (χ0v) is 33.1. The zero-order valence-electron chi connectivity index (χ0n) is 33.1. The molecule has 0 aliphatic heterocycles. The molecule has 11 aromatic rings. The maximum atomic E-state index is 2.45. The standard InChI is InChI=1S/C59H40/c1-59(2)54-35-34-42(36-53(54)57-47-19-7-5-17-45(47)46-18-6-12-24-52(46)58(57)59)37-26-30-40(31-27-37)55-48-20-8-10-22-50(48)56(51-23-11-9-21-49(51)55)41-32-28-39(29-33-41)44-25-13-15-38-14-3-4-16-43(38)44/h3-36H,1-2H3. The van der Waals surface area contributed by atoms with Crippen molar-refractivity contribution in [2.45, 2.75) is 19.3 Å². The monoisotopic (exact) mass is 748 g/mol. The van der Waals surface area contributed by atoms with Gasteiger partial charge in [0.1, 0.15) is 0 Å². The van der Waals surface area contributed by atoms with Gasteiger partial charge in [-0.1, -0.05) is 214 Å². The maximum absolute atomic E-state index is 2.45. The summed E-state index contributed by atoms with van der Waals surface area (Å²) in [6.45, 7) is 4.79. The Bertz CT molecular complexity index is 3430. The van der Waals surface area contributed by atoms with Crippen LogP contribution in [-0.2, 0) is 5.41 Å². The highest BCUT2D eigenvalue weighted by atomic mass is 14.4. The minimum atomic E-state index is -0.107. The van der Waals surface area contributed by atoms with Crippen molar-refractivity contribution in [2.75, 3.05) is 0 Å². The lowest BCUT2D eigenvalue weighted by Gasteiger charge is -2.24. The molecule has 0 nitrogen and oxygen atoms in total. The van der Waals surface area contributed by atoms with Crippen molar-refractivity contribution >= 4 is 53.9 Å².